The number of rotatable bonds is 0. The summed E-state index contributed by atoms with van der Waals surface area (Å²) in [4.78, 5) is 113. The molecule has 0 aliphatic carbocycles. The Hall–Kier alpha value is -15.6. The molecule has 0 saturated heterocycles. The van der Waals surface area contributed by atoms with Gasteiger partial charge in [-0.25, -0.2) is 39.9 Å². The molecule has 0 saturated carbocycles. The molecule has 660 valence electrons. The fourth-order valence-corrected chi connectivity index (χ4v) is 16.6. The number of pyridine rings is 8. The molecule has 26 aromatic rings. The minimum Gasteiger partial charge on any atom is -0.657 e. The van der Waals surface area contributed by atoms with E-state index in [1.54, 1.807) is 37.2 Å². The Bertz CT molecular complexity index is 7980. The Morgan fingerprint density at radius 3 is 0.603 bits per heavy atom. The van der Waals surface area contributed by atoms with E-state index in [9.17, 15) is 0 Å². The molecule has 22 heterocycles. The van der Waals surface area contributed by atoms with E-state index in [1.165, 1.54) is 0 Å². The third-order valence-corrected chi connectivity index (χ3v) is 23.2. The summed E-state index contributed by atoms with van der Waals surface area (Å²) in [5.74, 6) is 0. The zero-order valence-electron chi connectivity index (χ0n) is 72.3. The molecule has 0 atom stereocenters. The predicted octanol–water partition coefficient (Wildman–Crippen LogP) is 22.1. The first-order chi connectivity index (χ1) is 64.9. The van der Waals surface area contributed by atoms with Crippen LogP contribution in [-0.4, -0.2) is 79.7 Å². The summed E-state index contributed by atoms with van der Waals surface area (Å²) in [6.45, 7) is 7.90. The van der Waals surface area contributed by atoms with Gasteiger partial charge < -0.3 is 59.8 Å². The maximum atomic E-state index is 4.96. The van der Waals surface area contributed by atoms with Crippen LogP contribution in [0.5, 0.6) is 0 Å². The average molecular weight is 2480 g/mol. The first-order valence-corrected chi connectivity index (χ1v) is 42.7. The van der Waals surface area contributed by atoms with Crippen LogP contribution in [0.25, 0.3) is 242 Å². The minimum atomic E-state index is 0. The van der Waals surface area contributed by atoms with Gasteiger partial charge in [0.2, 0.25) is 0 Å². The predicted molar refractivity (Wildman–Crippen MR) is 527 cm³/mol. The fourth-order valence-electron chi connectivity index (χ4n) is 16.6. The smallest absolute Gasteiger partial charge is 0.657 e. The second-order valence-corrected chi connectivity index (χ2v) is 31.9. The topological polar surface area (TPSA) is 319 Å². The Labute approximate surface area is 829 Å². The van der Waals surface area contributed by atoms with E-state index in [0.717, 1.165) is 220 Å². The molecule has 4 aromatic carbocycles. The molecule has 0 fully saturated rings. The Kier molecular flexibility index (Phi) is 25.4. The molecule has 24 nitrogen and oxygen atoms in total. The second-order valence-electron chi connectivity index (χ2n) is 31.9. The van der Waals surface area contributed by atoms with Crippen LogP contribution >= 0.6 is 0 Å². The molecule has 28 heteroatoms. The van der Waals surface area contributed by atoms with Crippen LogP contribution in [-0.2, 0) is 84.3 Å². The van der Waals surface area contributed by atoms with E-state index >= 15 is 0 Å². The van der Waals surface area contributed by atoms with E-state index in [4.69, 9.17) is 59.8 Å². The van der Waals surface area contributed by atoms with Crippen molar-refractivity contribution >= 4 is 242 Å². The summed E-state index contributed by atoms with van der Waals surface area (Å²) in [5.41, 5.74) is 29.8. The summed E-state index contributed by atoms with van der Waals surface area (Å²) >= 11 is 0. The molecule has 0 aliphatic heterocycles. The molecule has 0 spiro atoms. The molecular weight excluding hydrogens is 2410 g/mol. The fraction of sp³-hybridized carbons (Fsp3) is 0.0370. The van der Waals surface area contributed by atoms with Gasteiger partial charge in [-0.2, -0.15) is 0 Å². The quantitative estimate of drug-likeness (QED) is 0.136. The van der Waals surface area contributed by atoms with Gasteiger partial charge >= 0.3 is 84.3 Å². The van der Waals surface area contributed by atoms with Crippen LogP contribution in [0.2, 0.25) is 0 Å². The largest absolute Gasteiger partial charge is 2.00 e. The van der Waals surface area contributed by atoms with Crippen molar-refractivity contribution in [2.24, 2.45) is 0 Å². The van der Waals surface area contributed by atoms with Gasteiger partial charge in [-0.15, -0.1) is 66.2 Å². The van der Waals surface area contributed by atoms with Gasteiger partial charge in [-0.3, -0.25) is 19.9 Å². The number of fused-ring (bicyclic) bond motifs is 50. The zero-order valence-corrected chi connectivity index (χ0v) is 81.4. The van der Waals surface area contributed by atoms with E-state index in [0.29, 0.717) is 45.2 Å². The van der Waals surface area contributed by atoms with E-state index in [2.05, 4.69) is 108 Å². The van der Waals surface area contributed by atoms with Gasteiger partial charge in [0.05, 0.1) is 125 Å². The van der Waals surface area contributed by atoms with Crippen molar-refractivity contribution in [3.05, 3.63) is 363 Å². The van der Waals surface area contributed by atoms with Gasteiger partial charge in [-0.05, 0) is 225 Å². The van der Waals surface area contributed by atoms with Crippen molar-refractivity contribution in [1.82, 2.24) is 120 Å². The van der Waals surface area contributed by atoms with Gasteiger partial charge in [-0.1, -0.05) is 182 Å². The van der Waals surface area contributed by atoms with Crippen molar-refractivity contribution < 1.29 is 84.3 Å². The molecule has 0 unspecified atom stereocenters. The number of hydrogen-bond donors (Lipinski definition) is 0. The van der Waals surface area contributed by atoms with Crippen LogP contribution < -0.4 is 39.9 Å². The van der Waals surface area contributed by atoms with Crippen LogP contribution in [0.1, 0.15) is 22.3 Å². The standard InChI is InChI=1S/C30H18N4.2C28H16N6.C22H18N8.4Pt/c1-2-12-24-23(11-1)27-15-19-7-5-9-21(31-19)17-29-25-13-3-4-14-26(25)30(34-29)18-22-10-6-8-20(32-22)16-28(24)33-27;1-5-17-13-23-21-9-3-12-30-28(21)26(33-23)16-20-8-2-6-18(32-20)14-24-22-10-4-11-29-27(22)25(34-24)15-19(7-1)31-17;1-2-6-22-21(5-1)25-9-17-13-29-15-19(31-17)11-27-23-7-3-4-8-24(23)28(34-27)12-20-16-30-14-18(32-20)10-26(22)33-25;1-11-12(2)20-26-16-8-6-10-18(24-16)28-22-14(4)13(3)21(30-22)27-17-9-5-7-15(23-17)25-19(11)29-20;;;;/h1-18H;2*1-16H;5-10H,1-4H3;;;;/q4*-2;4*+2. The van der Waals surface area contributed by atoms with E-state index < -0.39 is 0 Å². The second kappa shape index (κ2) is 38.6. The van der Waals surface area contributed by atoms with Crippen LogP contribution in [0.4, 0.5) is 0 Å². The number of nitrogens with zero attached hydrogens (tertiary/aromatic N) is 24. The monoisotopic (exact) mass is 2480 g/mol. The van der Waals surface area contributed by atoms with Gasteiger partial charge in [0.15, 0.2) is 0 Å². The van der Waals surface area contributed by atoms with E-state index in [-0.39, 0.29) is 84.3 Å². The van der Waals surface area contributed by atoms with Crippen molar-refractivity contribution in [3.8, 4) is 0 Å². The van der Waals surface area contributed by atoms with Crippen LogP contribution in [0.15, 0.2) is 340 Å². The van der Waals surface area contributed by atoms with Crippen LogP contribution in [0.3, 0.4) is 0 Å². The Morgan fingerprint density at radius 2 is 0.360 bits per heavy atom. The van der Waals surface area contributed by atoms with Crippen molar-refractivity contribution in [1.29, 1.82) is 0 Å². The molecule has 26 rings (SSSR count). The molecule has 32 bridgehead atoms. The average Bonchev–Trinajstić information content (AvgIpc) is 1.66. The Balaban J connectivity index is 0.000000115. The molecule has 0 amide bonds. The summed E-state index contributed by atoms with van der Waals surface area (Å²) in [5, 5.41) is 10.6. The number of aryl methyl sites for hydroxylation is 4. The van der Waals surface area contributed by atoms with E-state index in [1.807, 2.05) is 282 Å². The molecule has 0 aliphatic rings. The first kappa shape index (κ1) is 89.6. The normalized spacial score (nSPS) is 11.1. The maximum Gasteiger partial charge on any atom is 2.00 e. The number of aromatic nitrogens is 24. The molecule has 0 N–H and O–H groups in total. The van der Waals surface area contributed by atoms with Crippen molar-refractivity contribution in [3.63, 3.8) is 0 Å². The summed E-state index contributed by atoms with van der Waals surface area (Å²) < 4.78 is 0. The van der Waals surface area contributed by atoms with Gasteiger partial charge in [0.25, 0.3) is 0 Å². The molecule has 136 heavy (non-hydrogen) atoms. The number of hydrogen-bond acceptors (Lipinski definition) is 16. The molecular formula is C108H68N24Pt4. The minimum absolute atomic E-state index is 0. The van der Waals surface area contributed by atoms with Crippen molar-refractivity contribution in [2.75, 3.05) is 0 Å². The Morgan fingerprint density at radius 1 is 0.169 bits per heavy atom. The maximum absolute atomic E-state index is 4.96. The molecule has 22 aromatic heterocycles. The number of benzene rings is 4. The van der Waals surface area contributed by atoms with Crippen molar-refractivity contribution in [2.45, 2.75) is 27.7 Å². The third kappa shape index (κ3) is 18.3. The summed E-state index contributed by atoms with van der Waals surface area (Å²) in [7, 11) is 0. The zero-order chi connectivity index (χ0) is 88.3. The summed E-state index contributed by atoms with van der Waals surface area (Å²) in [6, 6.07) is 99.8. The first-order valence-electron chi connectivity index (χ1n) is 42.7. The summed E-state index contributed by atoms with van der Waals surface area (Å²) in [6.07, 6.45) is 10.6. The SMILES string of the molecule is Cc1c(C)c2nc3cccc(n3)nc3[n-]c(nc4cccc(n4)nc1[n-]2)c(C)c3C.[Pt+2].[Pt+2].[Pt+2].[Pt+2].c1cc2cc3[n-]c(cc4cccc(cc5[n-]c(cc(c1)n2)c1ccccc51)n4)c1ccccc31.c1cc2cc3[n-]c(cc4cccc(cc5[n-]c(cc(c1)n2)c1ncccc51)n4)c1ncccc31.c1ccc2c3cc4cncc(cc5[n-]c(cc6cncc(cc([n-]3)c2c1)n6)c1ccccc51)n4. The van der Waals surface area contributed by atoms with Gasteiger partial charge in [0, 0.05) is 35.0 Å². The molecule has 0 radical (unpaired) electrons. The van der Waals surface area contributed by atoms with Crippen LogP contribution in [0, 0.1) is 27.7 Å². The van der Waals surface area contributed by atoms with Gasteiger partial charge in [0.1, 0.15) is 0 Å². The third-order valence-electron chi connectivity index (χ3n) is 23.2.